The number of methoxy groups -OCH3 is 1. The predicted octanol–water partition coefficient (Wildman–Crippen LogP) is 5.91. The zero-order valence-electron chi connectivity index (χ0n) is 19.1. The van der Waals surface area contributed by atoms with Crippen LogP contribution >= 0.6 is 22.6 Å². The normalized spacial score (nSPS) is 15.2. The molecule has 1 aliphatic heterocycles. The molecule has 33 heavy (non-hydrogen) atoms. The van der Waals surface area contributed by atoms with E-state index in [0.717, 1.165) is 32.8 Å². The van der Waals surface area contributed by atoms with Crippen LogP contribution in [0.4, 0.5) is 0 Å². The van der Waals surface area contributed by atoms with Crippen molar-refractivity contribution < 1.29 is 19.0 Å². The van der Waals surface area contributed by atoms with Crippen LogP contribution in [0.15, 0.2) is 66.7 Å². The third-order valence-corrected chi connectivity index (χ3v) is 6.31. The van der Waals surface area contributed by atoms with E-state index in [2.05, 4.69) is 34.7 Å². The van der Waals surface area contributed by atoms with Crippen molar-refractivity contribution in [2.24, 2.45) is 0 Å². The Labute approximate surface area is 208 Å². The van der Waals surface area contributed by atoms with Crippen molar-refractivity contribution in [1.82, 2.24) is 4.90 Å². The molecule has 0 N–H and O–H groups in total. The molecule has 5 nitrogen and oxygen atoms in total. The standard InChI is InChI=1S/C27H28INO4/c1-18(2)33-24-11-12-25-19(16-24)13-14-29(27(30)20-5-4-6-21(28)15-20)26(25)17-32-23-9-7-22(31-3)8-10-23/h4-12,15-16,18,26H,13-14,17H2,1-3H3. The number of halogens is 1. The second-order valence-electron chi connectivity index (χ2n) is 8.29. The number of benzene rings is 3. The number of carbonyl (C=O) groups excluding carboxylic acids is 1. The zero-order valence-corrected chi connectivity index (χ0v) is 21.2. The Morgan fingerprint density at radius 3 is 2.45 bits per heavy atom. The van der Waals surface area contributed by atoms with E-state index in [0.29, 0.717) is 18.7 Å². The van der Waals surface area contributed by atoms with Crippen LogP contribution in [0.1, 0.15) is 41.4 Å². The number of nitrogens with zero attached hydrogens (tertiary/aromatic N) is 1. The Balaban J connectivity index is 1.63. The lowest BCUT2D eigenvalue weighted by molar-refractivity contribution is 0.0589. The largest absolute Gasteiger partial charge is 0.497 e. The molecule has 1 atom stereocenters. The van der Waals surface area contributed by atoms with Crippen LogP contribution in [-0.4, -0.2) is 37.2 Å². The Morgan fingerprint density at radius 2 is 1.76 bits per heavy atom. The molecule has 1 heterocycles. The molecule has 0 fully saturated rings. The first-order valence-electron chi connectivity index (χ1n) is 11.1. The van der Waals surface area contributed by atoms with Gasteiger partial charge in [-0.25, -0.2) is 0 Å². The molecule has 172 valence electrons. The molecular weight excluding hydrogens is 529 g/mol. The highest BCUT2D eigenvalue weighted by Gasteiger charge is 2.32. The maximum absolute atomic E-state index is 13.5. The van der Waals surface area contributed by atoms with Gasteiger partial charge in [-0.2, -0.15) is 0 Å². The fraction of sp³-hybridized carbons (Fsp3) is 0.296. The van der Waals surface area contributed by atoms with E-state index in [1.807, 2.05) is 73.3 Å². The van der Waals surface area contributed by atoms with Gasteiger partial charge in [0.2, 0.25) is 0 Å². The number of carbonyl (C=O) groups is 1. The van der Waals surface area contributed by atoms with Gasteiger partial charge in [0.05, 0.1) is 19.3 Å². The van der Waals surface area contributed by atoms with E-state index >= 15 is 0 Å². The summed E-state index contributed by atoms with van der Waals surface area (Å²) >= 11 is 2.24. The first-order chi connectivity index (χ1) is 15.9. The summed E-state index contributed by atoms with van der Waals surface area (Å²) in [6.45, 7) is 5.03. The van der Waals surface area contributed by atoms with E-state index in [4.69, 9.17) is 14.2 Å². The number of rotatable bonds is 7. The van der Waals surface area contributed by atoms with Crippen molar-refractivity contribution in [3.05, 3.63) is 87.0 Å². The molecule has 4 rings (SSSR count). The Hall–Kier alpha value is -2.74. The highest BCUT2D eigenvalue weighted by molar-refractivity contribution is 14.1. The Morgan fingerprint density at radius 1 is 1.03 bits per heavy atom. The second kappa shape index (κ2) is 10.5. The average molecular weight is 557 g/mol. The number of hydrogen-bond donors (Lipinski definition) is 0. The molecule has 3 aromatic carbocycles. The first kappa shape index (κ1) is 23.4. The summed E-state index contributed by atoms with van der Waals surface area (Å²) in [6.07, 6.45) is 0.888. The minimum Gasteiger partial charge on any atom is -0.497 e. The van der Waals surface area contributed by atoms with Crippen LogP contribution in [0.2, 0.25) is 0 Å². The van der Waals surface area contributed by atoms with Crippen molar-refractivity contribution in [3.8, 4) is 17.2 Å². The van der Waals surface area contributed by atoms with Crippen LogP contribution < -0.4 is 14.2 Å². The lowest BCUT2D eigenvalue weighted by Crippen LogP contribution is -2.42. The number of amides is 1. The molecular formula is C27H28INO4. The van der Waals surface area contributed by atoms with Crippen LogP contribution in [0, 0.1) is 3.57 Å². The van der Waals surface area contributed by atoms with Crippen molar-refractivity contribution >= 4 is 28.5 Å². The summed E-state index contributed by atoms with van der Waals surface area (Å²) in [5, 5.41) is 0. The molecule has 0 saturated heterocycles. The number of ether oxygens (including phenoxy) is 3. The average Bonchev–Trinajstić information content (AvgIpc) is 2.81. The first-order valence-corrected chi connectivity index (χ1v) is 12.2. The molecule has 0 aromatic heterocycles. The van der Waals surface area contributed by atoms with E-state index in [-0.39, 0.29) is 18.1 Å². The van der Waals surface area contributed by atoms with Gasteiger partial charge < -0.3 is 19.1 Å². The fourth-order valence-electron chi connectivity index (χ4n) is 4.09. The summed E-state index contributed by atoms with van der Waals surface area (Å²) in [5.74, 6) is 2.39. The lowest BCUT2D eigenvalue weighted by atomic mass is 9.92. The van der Waals surface area contributed by atoms with Gasteiger partial charge in [0.25, 0.3) is 5.91 Å². The Bertz CT molecular complexity index is 1110. The van der Waals surface area contributed by atoms with Crippen LogP contribution in [-0.2, 0) is 6.42 Å². The minimum absolute atomic E-state index is 0.0185. The molecule has 1 unspecified atom stereocenters. The van der Waals surface area contributed by atoms with E-state index in [1.165, 1.54) is 5.56 Å². The molecule has 3 aromatic rings. The van der Waals surface area contributed by atoms with Gasteiger partial charge in [-0.1, -0.05) is 12.1 Å². The smallest absolute Gasteiger partial charge is 0.254 e. The molecule has 0 saturated carbocycles. The highest BCUT2D eigenvalue weighted by Crippen LogP contribution is 2.34. The summed E-state index contributed by atoms with van der Waals surface area (Å²) in [4.78, 5) is 15.4. The van der Waals surface area contributed by atoms with Crippen molar-refractivity contribution in [3.63, 3.8) is 0 Å². The minimum atomic E-state index is -0.200. The van der Waals surface area contributed by atoms with Crippen LogP contribution in [0.5, 0.6) is 17.2 Å². The molecule has 0 radical (unpaired) electrons. The van der Waals surface area contributed by atoms with Gasteiger partial charge in [-0.3, -0.25) is 4.79 Å². The zero-order chi connectivity index (χ0) is 23.4. The molecule has 0 bridgehead atoms. The molecule has 1 amide bonds. The van der Waals surface area contributed by atoms with E-state index in [9.17, 15) is 4.79 Å². The third-order valence-electron chi connectivity index (χ3n) is 5.64. The van der Waals surface area contributed by atoms with Crippen LogP contribution in [0.3, 0.4) is 0 Å². The topological polar surface area (TPSA) is 48.0 Å². The second-order valence-corrected chi connectivity index (χ2v) is 9.53. The number of fused-ring (bicyclic) bond motifs is 1. The van der Waals surface area contributed by atoms with Gasteiger partial charge in [0.15, 0.2) is 0 Å². The van der Waals surface area contributed by atoms with Crippen LogP contribution in [0.25, 0.3) is 0 Å². The Kier molecular flexibility index (Phi) is 7.42. The van der Waals surface area contributed by atoms with Crippen molar-refractivity contribution in [2.45, 2.75) is 32.4 Å². The highest BCUT2D eigenvalue weighted by atomic mass is 127. The maximum atomic E-state index is 13.5. The van der Waals surface area contributed by atoms with E-state index < -0.39 is 0 Å². The SMILES string of the molecule is COc1ccc(OCC2c3ccc(OC(C)C)cc3CCN2C(=O)c2cccc(I)c2)cc1. The summed E-state index contributed by atoms with van der Waals surface area (Å²) in [5.41, 5.74) is 2.99. The quantitative estimate of drug-likeness (QED) is 0.340. The summed E-state index contributed by atoms with van der Waals surface area (Å²) in [6, 6.07) is 21.2. The van der Waals surface area contributed by atoms with Gasteiger partial charge in [0.1, 0.15) is 23.9 Å². The predicted molar refractivity (Wildman–Crippen MR) is 137 cm³/mol. The third kappa shape index (κ3) is 5.61. The summed E-state index contributed by atoms with van der Waals surface area (Å²) in [7, 11) is 1.64. The van der Waals surface area contributed by atoms with Crippen molar-refractivity contribution in [2.75, 3.05) is 20.3 Å². The number of hydrogen-bond acceptors (Lipinski definition) is 4. The monoisotopic (exact) mass is 557 g/mol. The van der Waals surface area contributed by atoms with Gasteiger partial charge in [0, 0.05) is 15.7 Å². The molecule has 6 heteroatoms. The van der Waals surface area contributed by atoms with Gasteiger partial charge in [-0.05, 0) is 109 Å². The summed E-state index contributed by atoms with van der Waals surface area (Å²) < 4.78 is 18.3. The van der Waals surface area contributed by atoms with Gasteiger partial charge >= 0.3 is 0 Å². The molecule has 1 aliphatic rings. The fourth-order valence-corrected chi connectivity index (χ4v) is 4.63. The van der Waals surface area contributed by atoms with E-state index in [1.54, 1.807) is 7.11 Å². The van der Waals surface area contributed by atoms with Crippen molar-refractivity contribution in [1.29, 1.82) is 0 Å². The molecule has 0 aliphatic carbocycles. The lowest BCUT2D eigenvalue weighted by Gasteiger charge is -2.37. The molecule has 0 spiro atoms. The van der Waals surface area contributed by atoms with Gasteiger partial charge in [-0.15, -0.1) is 0 Å². The maximum Gasteiger partial charge on any atom is 0.254 e.